The third-order valence-corrected chi connectivity index (χ3v) is 1.77. The van der Waals surface area contributed by atoms with Gasteiger partial charge in [-0.05, 0) is 0 Å². The van der Waals surface area contributed by atoms with E-state index in [0.29, 0.717) is 0 Å². The minimum Gasteiger partial charge on any atom is -0.250 e. The molecule has 0 bridgehead atoms. The molecule has 2 heterocycles. The average Bonchev–Trinajstić information content (AvgIpc) is 2.46. The first kappa shape index (κ1) is 8.79. The summed E-state index contributed by atoms with van der Waals surface area (Å²) >= 11 is 0. The molecule has 0 aliphatic rings. The molecule has 0 radical (unpaired) electrons. The summed E-state index contributed by atoms with van der Waals surface area (Å²) in [5.41, 5.74) is -1.53. The first-order valence-electron chi connectivity index (χ1n) is 3.64. The molecule has 0 saturated heterocycles. The number of nitrogens with one attached hydrogen (secondary N) is 1. The number of rotatable bonds is 1. The first-order chi connectivity index (χ1) is 6.59. The van der Waals surface area contributed by atoms with Crippen LogP contribution in [0, 0.1) is 5.82 Å². The van der Waals surface area contributed by atoms with Crippen LogP contribution in [-0.4, -0.2) is 14.6 Å². The molecule has 0 atom stereocenters. The zero-order valence-electron chi connectivity index (χ0n) is 6.67. The largest absolute Gasteiger partial charge is 0.347 e. The molecule has 2 rings (SSSR count). The fraction of sp³-hybridized carbons (Fsp3) is 0.143. The van der Waals surface area contributed by atoms with Crippen LogP contribution >= 0.6 is 0 Å². The molecule has 2 aromatic heterocycles. The Labute approximate surface area is 75.0 Å². The van der Waals surface area contributed by atoms with E-state index in [4.69, 9.17) is 0 Å². The van der Waals surface area contributed by atoms with Gasteiger partial charge in [0, 0.05) is 12.3 Å². The van der Waals surface area contributed by atoms with E-state index >= 15 is 0 Å². The Morgan fingerprint density at radius 3 is 2.86 bits per heavy atom. The van der Waals surface area contributed by atoms with E-state index < -0.39 is 23.5 Å². The predicted octanol–water partition coefficient (Wildman–Crippen LogP) is 1.10. The third kappa shape index (κ3) is 1.17. The Kier molecular flexibility index (Phi) is 1.80. The van der Waals surface area contributed by atoms with E-state index in [0.717, 1.165) is 16.7 Å². The third-order valence-electron chi connectivity index (χ3n) is 1.77. The topological polar surface area (TPSA) is 50.2 Å². The Balaban J connectivity index is 2.80. The SMILES string of the molecule is O=c1[nH]nc2cc(F)c(C(F)F)cn12. The van der Waals surface area contributed by atoms with Gasteiger partial charge in [0.05, 0.1) is 5.56 Å². The van der Waals surface area contributed by atoms with Crippen LogP contribution in [0.3, 0.4) is 0 Å². The van der Waals surface area contributed by atoms with E-state index in [9.17, 15) is 18.0 Å². The molecule has 14 heavy (non-hydrogen) atoms. The number of pyridine rings is 1. The van der Waals surface area contributed by atoms with E-state index in [1.807, 2.05) is 5.10 Å². The van der Waals surface area contributed by atoms with E-state index in [-0.39, 0.29) is 5.65 Å². The highest BCUT2D eigenvalue weighted by molar-refractivity contribution is 5.39. The molecule has 4 nitrogen and oxygen atoms in total. The number of alkyl halides is 2. The lowest BCUT2D eigenvalue weighted by atomic mass is 10.3. The zero-order chi connectivity index (χ0) is 10.3. The second kappa shape index (κ2) is 2.86. The molecule has 7 heteroatoms. The molecule has 0 unspecified atom stereocenters. The van der Waals surface area contributed by atoms with Crippen LogP contribution in [0.1, 0.15) is 12.0 Å². The summed E-state index contributed by atoms with van der Waals surface area (Å²) in [5, 5.41) is 5.44. The minimum atomic E-state index is -2.96. The summed E-state index contributed by atoms with van der Waals surface area (Å²) in [6.07, 6.45) is -2.22. The zero-order valence-corrected chi connectivity index (χ0v) is 6.67. The smallest absolute Gasteiger partial charge is 0.250 e. The number of fused-ring (bicyclic) bond motifs is 1. The van der Waals surface area contributed by atoms with Gasteiger partial charge in [-0.1, -0.05) is 0 Å². The van der Waals surface area contributed by atoms with Gasteiger partial charge >= 0.3 is 5.69 Å². The Hall–Kier alpha value is -1.79. The summed E-state index contributed by atoms with van der Waals surface area (Å²) in [7, 11) is 0. The predicted molar refractivity (Wildman–Crippen MR) is 40.7 cm³/mol. The van der Waals surface area contributed by atoms with Gasteiger partial charge in [-0.2, -0.15) is 5.10 Å². The van der Waals surface area contributed by atoms with Gasteiger partial charge in [0.25, 0.3) is 6.43 Å². The van der Waals surface area contributed by atoms with Crippen LogP contribution in [0.25, 0.3) is 5.65 Å². The number of aromatic amines is 1. The molecule has 0 aliphatic heterocycles. The minimum absolute atomic E-state index is 0.0306. The maximum atomic E-state index is 12.9. The van der Waals surface area contributed by atoms with Crippen molar-refractivity contribution in [2.24, 2.45) is 0 Å². The summed E-state index contributed by atoms with van der Waals surface area (Å²) < 4.78 is 38.2. The summed E-state index contributed by atoms with van der Waals surface area (Å²) in [4.78, 5) is 10.9. The number of hydrogen-bond acceptors (Lipinski definition) is 2. The van der Waals surface area contributed by atoms with Crippen LogP contribution in [0.2, 0.25) is 0 Å². The standard InChI is InChI=1S/C7H4F3N3O/c8-4-1-5-11-12-7(14)13(5)2-3(4)6(9)10/h1-2,6H,(H,12,14). The number of aromatic nitrogens is 3. The molecule has 0 saturated carbocycles. The fourth-order valence-corrected chi connectivity index (χ4v) is 1.10. The molecule has 2 aromatic rings. The summed E-state index contributed by atoms with van der Waals surface area (Å²) in [5.74, 6) is -1.08. The summed E-state index contributed by atoms with van der Waals surface area (Å²) in [6, 6.07) is 0.777. The molecular weight excluding hydrogens is 199 g/mol. The second-order valence-corrected chi connectivity index (χ2v) is 2.63. The van der Waals surface area contributed by atoms with Crippen molar-refractivity contribution in [1.82, 2.24) is 14.6 Å². The van der Waals surface area contributed by atoms with Crippen molar-refractivity contribution in [1.29, 1.82) is 0 Å². The van der Waals surface area contributed by atoms with Crippen LogP contribution < -0.4 is 5.69 Å². The van der Waals surface area contributed by atoms with Gasteiger partial charge in [0.2, 0.25) is 0 Å². The molecule has 0 spiro atoms. The van der Waals surface area contributed by atoms with Crippen LogP contribution in [0.4, 0.5) is 13.2 Å². The van der Waals surface area contributed by atoms with Crippen LogP contribution in [0.5, 0.6) is 0 Å². The van der Waals surface area contributed by atoms with Crippen molar-refractivity contribution >= 4 is 5.65 Å². The maximum Gasteiger partial charge on any atom is 0.347 e. The van der Waals surface area contributed by atoms with Gasteiger partial charge in [-0.3, -0.25) is 0 Å². The van der Waals surface area contributed by atoms with Crippen molar-refractivity contribution in [2.45, 2.75) is 6.43 Å². The molecule has 0 aliphatic carbocycles. The lowest BCUT2D eigenvalue weighted by Crippen LogP contribution is -2.10. The monoisotopic (exact) mass is 203 g/mol. The van der Waals surface area contributed by atoms with Crippen LogP contribution in [-0.2, 0) is 0 Å². The highest BCUT2D eigenvalue weighted by atomic mass is 19.3. The van der Waals surface area contributed by atoms with Crippen LogP contribution in [0.15, 0.2) is 17.1 Å². The Morgan fingerprint density at radius 2 is 2.21 bits per heavy atom. The second-order valence-electron chi connectivity index (χ2n) is 2.63. The van der Waals surface area contributed by atoms with Crippen molar-refractivity contribution in [3.8, 4) is 0 Å². The van der Waals surface area contributed by atoms with Gasteiger partial charge in [-0.25, -0.2) is 27.5 Å². The average molecular weight is 203 g/mol. The normalized spacial score (nSPS) is 11.4. The number of H-pyrrole nitrogens is 1. The van der Waals surface area contributed by atoms with Crippen molar-refractivity contribution in [2.75, 3.05) is 0 Å². The number of nitrogens with zero attached hydrogens (tertiary/aromatic N) is 2. The van der Waals surface area contributed by atoms with Gasteiger partial charge in [-0.15, -0.1) is 0 Å². The van der Waals surface area contributed by atoms with E-state index in [1.54, 1.807) is 0 Å². The molecular formula is C7H4F3N3O. The molecule has 1 N–H and O–H groups in total. The van der Waals surface area contributed by atoms with E-state index in [2.05, 4.69) is 5.10 Å². The summed E-state index contributed by atoms with van der Waals surface area (Å²) in [6.45, 7) is 0. The van der Waals surface area contributed by atoms with Gasteiger partial charge in [0.15, 0.2) is 5.65 Å². The lowest BCUT2D eigenvalue weighted by Gasteiger charge is -2.00. The van der Waals surface area contributed by atoms with Crippen molar-refractivity contribution < 1.29 is 13.2 Å². The van der Waals surface area contributed by atoms with Gasteiger partial charge < -0.3 is 0 Å². The van der Waals surface area contributed by atoms with Crippen molar-refractivity contribution in [3.63, 3.8) is 0 Å². The quantitative estimate of drug-likeness (QED) is 0.754. The number of hydrogen-bond donors (Lipinski definition) is 1. The van der Waals surface area contributed by atoms with Crippen molar-refractivity contribution in [3.05, 3.63) is 34.1 Å². The molecule has 0 fully saturated rings. The lowest BCUT2D eigenvalue weighted by molar-refractivity contribution is 0.145. The van der Waals surface area contributed by atoms with Gasteiger partial charge in [0.1, 0.15) is 5.82 Å². The highest BCUT2D eigenvalue weighted by Crippen LogP contribution is 2.21. The molecule has 0 aromatic carbocycles. The Morgan fingerprint density at radius 1 is 1.50 bits per heavy atom. The Bertz CT molecular complexity index is 530. The first-order valence-corrected chi connectivity index (χ1v) is 3.64. The maximum absolute atomic E-state index is 12.9. The molecule has 74 valence electrons. The molecule has 0 amide bonds. The fourth-order valence-electron chi connectivity index (χ4n) is 1.10. The highest BCUT2D eigenvalue weighted by Gasteiger charge is 2.15. The van der Waals surface area contributed by atoms with E-state index in [1.165, 1.54) is 0 Å². The number of halogens is 3.